The van der Waals surface area contributed by atoms with Gasteiger partial charge in [0.05, 0.1) is 24.8 Å². The van der Waals surface area contributed by atoms with E-state index in [2.05, 4.69) is 28.5 Å². The lowest BCUT2D eigenvalue weighted by molar-refractivity contribution is -0.125. The normalized spacial score (nSPS) is 24.5. The number of hydrogen-bond acceptors (Lipinski definition) is 3. The van der Waals surface area contributed by atoms with Gasteiger partial charge >= 0.3 is 0 Å². The van der Waals surface area contributed by atoms with Crippen LogP contribution in [-0.4, -0.2) is 30.1 Å². The summed E-state index contributed by atoms with van der Waals surface area (Å²) in [4.78, 5) is 16.9. The maximum atomic E-state index is 12.4. The van der Waals surface area contributed by atoms with Crippen molar-refractivity contribution < 1.29 is 9.53 Å². The number of amides is 1. The molecule has 4 nitrogen and oxygen atoms in total. The Bertz CT molecular complexity index is 719. The van der Waals surface area contributed by atoms with Crippen LogP contribution >= 0.6 is 0 Å². The minimum Gasteiger partial charge on any atom is -0.379 e. The quantitative estimate of drug-likeness (QED) is 0.940. The van der Waals surface area contributed by atoms with Gasteiger partial charge in [-0.05, 0) is 37.0 Å². The average Bonchev–Trinajstić information content (AvgIpc) is 3.28. The van der Waals surface area contributed by atoms with Crippen molar-refractivity contribution >= 4 is 16.8 Å². The minimum atomic E-state index is 0.130. The van der Waals surface area contributed by atoms with Gasteiger partial charge in [0.15, 0.2) is 0 Å². The van der Waals surface area contributed by atoms with Crippen molar-refractivity contribution in [1.82, 2.24) is 10.3 Å². The Morgan fingerprint density at radius 2 is 2.00 bits per heavy atom. The zero-order chi connectivity index (χ0) is 16.4. The zero-order valence-corrected chi connectivity index (χ0v) is 13.9. The maximum Gasteiger partial charge on any atom is 0.223 e. The number of pyridine rings is 1. The first-order valence-electron chi connectivity index (χ1n) is 9.02. The average molecular weight is 324 g/mol. The molecule has 1 aliphatic carbocycles. The highest BCUT2D eigenvalue weighted by Gasteiger charge is 2.32. The van der Waals surface area contributed by atoms with Crippen LogP contribution in [0.5, 0.6) is 0 Å². The molecule has 1 saturated carbocycles. The summed E-state index contributed by atoms with van der Waals surface area (Å²) in [5.74, 6) is 0.779. The molecule has 4 heteroatoms. The van der Waals surface area contributed by atoms with E-state index in [1.807, 2.05) is 18.3 Å². The summed E-state index contributed by atoms with van der Waals surface area (Å²) < 4.78 is 5.69. The van der Waals surface area contributed by atoms with E-state index in [0.717, 1.165) is 24.8 Å². The van der Waals surface area contributed by atoms with E-state index >= 15 is 0 Å². The lowest BCUT2D eigenvalue weighted by Gasteiger charge is -2.21. The number of carbonyl (C=O) groups is 1. The Balaban J connectivity index is 1.47. The molecule has 1 aromatic heterocycles. The number of fused-ring (bicyclic) bond motifs is 1. The van der Waals surface area contributed by atoms with Gasteiger partial charge in [0.1, 0.15) is 0 Å². The standard InChI is InChI=1S/C20H24N2O2/c23-20(14-5-1-2-6-14)22-19-13-24-12-16(19)11-15-9-10-21-18-8-4-3-7-17(15)18/h3-4,7-10,14,16,19H,1-2,5-6,11-13H2,(H,22,23)/t16-,19-/m1/s1. The first-order chi connectivity index (χ1) is 11.8. The fourth-order valence-electron chi connectivity index (χ4n) is 4.06. The van der Waals surface area contributed by atoms with Gasteiger partial charge in [0.2, 0.25) is 5.91 Å². The molecular weight excluding hydrogens is 300 g/mol. The molecule has 0 radical (unpaired) electrons. The van der Waals surface area contributed by atoms with E-state index in [1.165, 1.54) is 23.8 Å². The molecule has 24 heavy (non-hydrogen) atoms. The molecule has 1 amide bonds. The first kappa shape index (κ1) is 15.6. The molecule has 2 atom stereocenters. The number of hydrogen-bond donors (Lipinski definition) is 1. The van der Waals surface area contributed by atoms with Crippen molar-refractivity contribution in [1.29, 1.82) is 0 Å². The Morgan fingerprint density at radius 3 is 2.88 bits per heavy atom. The molecule has 1 N–H and O–H groups in total. The van der Waals surface area contributed by atoms with Crippen LogP contribution in [0.15, 0.2) is 36.5 Å². The molecule has 0 spiro atoms. The second-order valence-electron chi connectivity index (χ2n) is 7.09. The smallest absolute Gasteiger partial charge is 0.223 e. The molecule has 2 aromatic rings. The molecule has 2 heterocycles. The molecule has 0 unspecified atom stereocenters. The Kier molecular flexibility index (Phi) is 4.48. The number of carbonyl (C=O) groups excluding carboxylic acids is 1. The second kappa shape index (κ2) is 6.89. The number of nitrogens with one attached hydrogen (secondary N) is 1. The van der Waals surface area contributed by atoms with Crippen LogP contribution in [-0.2, 0) is 16.0 Å². The molecule has 2 fully saturated rings. The van der Waals surface area contributed by atoms with E-state index in [9.17, 15) is 4.79 Å². The molecule has 126 valence electrons. The fraction of sp³-hybridized carbons (Fsp3) is 0.500. The third-order valence-corrected chi connectivity index (χ3v) is 5.47. The van der Waals surface area contributed by atoms with Gasteiger partial charge < -0.3 is 10.1 Å². The van der Waals surface area contributed by atoms with Crippen molar-refractivity contribution in [2.24, 2.45) is 11.8 Å². The number of aromatic nitrogens is 1. The highest BCUT2D eigenvalue weighted by atomic mass is 16.5. The van der Waals surface area contributed by atoms with Gasteiger partial charge in [0.25, 0.3) is 0 Å². The monoisotopic (exact) mass is 324 g/mol. The minimum absolute atomic E-state index is 0.130. The fourth-order valence-corrected chi connectivity index (χ4v) is 4.06. The van der Waals surface area contributed by atoms with Crippen molar-refractivity contribution in [3.05, 3.63) is 42.1 Å². The summed E-state index contributed by atoms with van der Waals surface area (Å²) in [6, 6.07) is 10.5. The lowest BCUT2D eigenvalue weighted by atomic mass is 9.92. The summed E-state index contributed by atoms with van der Waals surface area (Å²) >= 11 is 0. The molecule has 0 bridgehead atoms. The van der Waals surface area contributed by atoms with Gasteiger partial charge in [-0.25, -0.2) is 0 Å². The van der Waals surface area contributed by atoms with Crippen molar-refractivity contribution in [3.63, 3.8) is 0 Å². The van der Waals surface area contributed by atoms with Crippen LogP contribution in [0.2, 0.25) is 0 Å². The Hall–Kier alpha value is -1.94. The van der Waals surface area contributed by atoms with Crippen LogP contribution in [0.1, 0.15) is 31.2 Å². The number of ether oxygens (including phenoxy) is 1. The maximum absolute atomic E-state index is 12.4. The highest BCUT2D eigenvalue weighted by Crippen LogP contribution is 2.27. The molecule has 1 aromatic carbocycles. The predicted octanol–water partition coefficient (Wildman–Crippen LogP) is 3.10. The lowest BCUT2D eigenvalue weighted by Crippen LogP contribution is -2.43. The summed E-state index contributed by atoms with van der Waals surface area (Å²) in [5.41, 5.74) is 2.32. The van der Waals surface area contributed by atoms with E-state index in [1.54, 1.807) is 0 Å². The van der Waals surface area contributed by atoms with Crippen molar-refractivity contribution in [2.45, 2.75) is 38.1 Å². The van der Waals surface area contributed by atoms with Crippen LogP contribution in [0, 0.1) is 11.8 Å². The van der Waals surface area contributed by atoms with Gasteiger partial charge in [-0.15, -0.1) is 0 Å². The zero-order valence-electron chi connectivity index (χ0n) is 13.9. The number of nitrogens with zero attached hydrogens (tertiary/aromatic N) is 1. The van der Waals surface area contributed by atoms with Gasteiger partial charge in [-0.2, -0.15) is 0 Å². The second-order valence-corrected chi connectivity index (χ2v) is 7.09. The van der Waals surface area contributed by atoms with Gasteiger partial charge in [-0.3, -0.25) is 9.78 Å². The van der Waals surface area contributed by atoms with E-state index in [0.29, 0.717) is 19.1 Å². The topological polar surface area (TPSA) is 51.2 Å². The summed E-state index contributed by atoms with van der Waals surface area (Å²) in [6.07, 6.45) is 7.24. The predicted molar refractivity (Wildman–Crippen MR) is 93.6 cm³/mol. The Labute approximate surface area is 142 Å². The third-order valence-electron chi connectivity index (χ3n) is 5.47. The summed E-state index contributed by atoms with van der Waals surface area (Å²) in [6.45, 7) is 1.35. The third kappa shape index (κ3) is 3.16. The first-order valence-corrected chi connectivity index (χ1v) is 9.02. The molecule has 1 aliphatic heterocycles. The van der Waals surface area contributed by atoms with Gasteiger partial charge in [-0.1, -0.05) is 31.0 Å². The van der Waals surface area contributed by atoms with Crippen molar-refractivity contribution in [3.8, 4) is 0 Å². The van der Waals surface area contributed by atoms with Crippen molar-refractivity contribution in [2.75, 3.05) is 13.2 Å². The van der Waals surface area contributed by atoms with Crippen LogP contribution in [0.4, 0.5) is 0 Å². The summed E-state index contributed by atoms with van der Waals surface area (Å²) in [5, 5.41) is 4.46. The largest absolute Gasteiger partial charge is 0.379 e. The van der Waals surface area contributed by atoms with Crippen LogP contribution < -0.4 is 5.32 Å². The van der Waals surface area contributed by atoms with Gasteiger partial charge in [0, 0.05) is 23.4 Å². The van der Waals surface area contributed by atoms with E-state index < -0.39 is 0 Å². The highest BCUT2D eigenvalue weighted by molar-refractivity contribution is 5.82. The molecule has 4 rings (SSSR count). The molecular formula is C20H24N2O2. The van der Waals surface area contributed by atoms with E-state index in [-0.39, 0.29) is 17.9 Å². The molecule has 1 saturated heterocycles. The molecule has 2 aliphatic rings. The SMILES string of the molecule is O=C(N[C@@H]1COC[C@H]1Cc1ccnc2ccccc12)C1CCCC1. The van der Waals surface area contributed by atoms with Crippen LogP contribution in [0.3, 0.4) is 0 Å². The number of rotatable bonds is 4. The summed E-state index contributed by atoms with van der Waals surface area (Å²) in [7, 11) is 0. The Morgan fingerprint density at radius 1 is 1.17 bits per heavy atom. The number of benzene rings is 1. The van der Waals surface area contributed by atoms with E-state index in [4.69, 9.17) is 4.74 Å². The number of para-hydroxylation sites is 1. The van der Waals surface area contributed by atoms with Crippen LogP contribution in [0.25, 0.3) is 10.9 Å².